The van der Waals surface area contributed by atoms with E-state index in [1.54, 1.807) is 26.0 Å². The maximum absolute atomic E-state index is 5.74. The average Bonchev–Trinajstić information content (AvgIpc) is 2.35. The monoisotopic (exact) mass is 241 g/mol. The highest BCUT2D eigenvalue weighted by molar-refractivity contribution is 7.98. The fourth-order valence-corrected chi connectivity index (χ4v) is 2.57. The van der Waals surface area contributed by atoms with Gasteiger partial charge >= 0.3 is 0 Å². The van der Waals surface area contributed by atoms with Crippen molar-refractivity contribution in [3.05, 3.63) is 17.7 Å². The van der Waals surface area contributed by atoms with Gasteiger partial charge in [0.05, 0.1) is 19.1 Å². The maximum Gasteiger partial charge on any atom is 0.132 e. The topological polar surface area (TPSA) is 44.5 Å². The Balaban J connectivity index is 3.36. The van der Waals surface area contributed by atoms with Crippen LogP contribution in [0, 0.1) is 0 Å². The number of thioether (sulfide) groups is 1. The zero-order valence-corrected chi connectivity index (χ0v) is 11.1. The van der Waals surface area contributed by atoms with Crippen LogP contribution in [0.5, 0.6) is 11.5 Å². The Morgan fingerprint density at radius 1 is 1.25 bits per heavy atom. The fraction of sp³-hybridized carbons (Fsp3) is 0.500. The molecule has 0 radical (unpaired) electrons. The zero-order chi connectivity index (χ0) is 12.1. The number of methoxy groups -OCH3 is 2. The maximum atomic E-state index is 5.74. The summed E-state index contributed by atoms with van der Waals surface area (Å²) in [6.07, 6.45) is 2.03. The number of rotatable bonds is 5. The first-order chi connectivity index (χ1) is 7.69. The van der Waals surface area contributed by atoms with Crippen LogP contribution in [0.25, 0.3) is 0 Å². The summed E-state index contributed by atoms with van der Waals surface area (Å²) in [5.74, 6) is 2.01. The number of hydrogen-bond acceptors (Lipinski definition) is 4. The Labute approximate surface area is 101 Å². The molecule has 0 saturated carbocycles. The van der Waals surface area contributed by atoms with Crippen LogP contribution < -0.4 is 15.2 Å². The van der Waals surface area contributed by atoms with Gasteiger partial charge in [-0.05, 0) is 30.9 Å². The highest BCUT2D eigenvalue weighted by Gasteiger charge is 2.18. The Kier molecular flexibility index (Phi) is 4.96. The van der Waals surface area contributed by atoms with Gasteiger partial charge < -0.3 is 15.2 Å². The van der Waals surface area contributed by atoms with Crippen molar-refractivity contribution >= 4 is 11.8 Å². The van der Waals surface area contributed by atoms with Crippen LogP contribution in [0.4, 0.5) is 0 Å². The minimum atomic E-state index is 0.257. The first kappa shape index (κ1) is 13.2. The summed E-state index contributed by atoms with van der Waals surface area (Å²) in [4.78, 5) is 1.11. The zero-order valence-electron chi connectivity index (χ0n) is 10.2. The minimum absolute atomic E-state index is 0.257. The van der Waals surface area contributed by atoms with Gasteiger partial charge in [-0.15, -0.1) is 11.8 Å². The Morgan fingerprint density at radius 3 is 2.25 bits per heavy atom. The van der Waals surface area contributed by atoms with Crippen molar-refractivity contribution in [3.63, 3.8) is 0 Å². The SMILES string of the molecule is COc1ccc(OC)c(C(C)CN)c1SC. The summed E-state index contributed by atoms with van der Waals surface area (Å²) >= 11 is 1.66. The van der Waals surface area contributed by atoms with Gasteiger partial charge in [0.15, 0.2) is 0 Å². The van der Waals surface area contributed by atoms with Crippen LogP contribution in [-0.4, -0.2) is 27.0 Å². The van der Waals surface area contributed by atoms with Gasteiger partial charge in [-0.1, -0.05) is 6.92 Å². The lowest BCUT2D eigenvalue weighted by molar-refractivity contribution is 0.386. The highest BCUT2D eigenvalue weighted by Crippen LogP contribution is 2.40. The second-order valence-electron chi connectivity index (χ2n) is 3.55. The second kappa shape index (κ2) is 6.01. The van der Waals surface area contributed by atoms with E-state index in [0.29, 0.717) is 6.54 Å². The lowest BCUT2D eigenvalue weighted by Crippen LogP contribution is -2.11. The van der Waals surface area contributed by atoms with E-state index in [4.69, 9.17) is 15.2 Å². The largest absolute Gasteiger partial charge is 0.496 e. The fourth-order valence-electron chi connectivity index (χ4n) is 1.70. The molecule has 90 valence electrons. The standard InChI is InChI=1S/C12H19NO2S/c1-8(7-13)11-9(14-2)5-6-10(15-3)12(11)16-4/h5-6,8H,7,13H2,1-4H3. The third-order valence-corrected chi connectivity index (χ3v) is 3.44. The van der Waals surface area contributed by atoms with E-state index in [1.165, 1.54) is 0 Å². The van der Waals surface area contributed by atoms with Crippen LogP contribution in [-0.2, 0) is 0 Å². The van der Waals surface area contributed by atoms with Crippen molar-refractivity contribution in [2.24, 2.45) is 5.73 Å². The molecule has 16 heavy (non-hydrogen) atoms. The first-order valence-corrected chi connectivity index (χ1v) is 6.41. The number of benzene rings is 1. The quantitative estimate of drug-likeness (QED) is 0.804. The normalized spacial score (nSPS) is 12.3. The molecule has 0 fully saturated rings. The molecule has 0 amide bonds. The number of hydrogen-bond donors (Lipinski definition) is 1. The van der Waals surface area contributed by atoms with Crippen molar-refractivity contribution in [3.8, 4) is 11.5 Å². The van der Waals surface area contributed by atoms with Crippen molar-refractivity contribution in [2.45, 2.75) is 17.7 Å². The molecule has 4 heteroatoms. The van der Waals surface area contributed by atoms with E-state index in [2.05, 4.69) is 6.92 Å². The van der Waals surface area contributed by atoms with E-state index in [1.807, 2.05) is 18.4 Å². The molecule has 0 aliphatic carbocycles. The molecule has 0 aliphatic rings. The molecule has 0 bridgehead atoms. The van der Waals surface area contributed by atoms with E-state index in [9.17, 15) is 0 Å². The third kappa shape index (κ3) is 2.44. The van der Waals surface area contributed by atoms with Crippen molar-refractivity contribution in [1.82, 2.24) is 0 Å². The Bertz CT molecular complexity index is 355. The van der Waals surface area contributed by atoms with Crippen molar-refractivity contribution in [1.29, 1.82) is 0 Å². The van der Waals surface area contributed by atoms with Gasteiger partial charge in [-0.25, -0.2) is 0 Å². The molecule has 3 nitrogen and oxygen atoms in total. The predicted molar refractivity (Wildman–Crippen MR) is 68.8 cm³/mol. The molecular weight excluding hydrogens is 222 g/mol. The summed E-state index contributed by atoms with van der Waals surface area (Å²) in [5.41, 5.74) is 6.87. The summed E-state index contributed by atoms with van der Waals surface area (Å²) in [7, 11) is 3.36. The van der Waals surface area contributed by atoms with E-state index in [-0.39, 0.29) is 5.92 Å². The summed E-state index contributed by atoms with van der Waals surface area (Å²) in [5, 5.41) is 0. The molecule has 1 aromatic rings. The van der Waals surface area contributed by atoms with Gasteiger partial charge in [0, 0.05) is 5.56 Å². The molecule has 0 heterocycles. The van der Waals surface area contributed by atoms with Crippen LogP contribution >= 0.6 is 11.8 Å². The van der Waals surface area contributed by atoms with Gasteiger partial charge in [0.25, 0.3) is 0 Å². The molecule has 0 saturated heterocycles. The van der Waals surface area contributed by atoms with Crippen LogP contribution in [0.2, 0.25) is 0 Å². The molecule has 1 rings (SSSR count). The van der Waals surface area contributed by atoms with Crippen LogP contribution in [0.1, 0.15) is 18.4 Å². The van der Waals surface area contributed by atoms with E-state index < -0.39 is 0 Å². The second-order valence-corrected chi connectivity index (χ2v) is 4.37. The molecule has 0 aromatic heterocycles. The van der Waals surface area contributed by atoms with Crippen LogP contribution in [0.3, 0.4) is 0 Å². The highest BCUT2D eigenvalue weighted by atomic mass is 32.2. The molecular formula is C12H19NO2S. The molecule has 2 N–H and O–H groups in total. The lowest BCUT2D eigenvalue weighted by atomic mass is 10.00. The van der Waals surface area contributed by atoms with Crippen molar-refractivity contribution in [2.75, 3.05) is 27.0 Å². The smallest absolute Gasteiger partial charge is 0.132 e. The third-order valence-electron chi connectivity index (χ3n) is 2.61. The molecule has 0 aliphatic heterocycles. The summed E-state index contributed by atoms with van der Waals surface area (Å²) in [6, 6.07) is 3.86. The molecule has 1 unspecified atom stereocenters. The van der Waals surface area contributed by atoms with E-state index >= 15 is 0 Å². The van der Waals surface area contributed by atoms with Gasteiger partial charge in [0.2, 0.25) is 0 Å². The summed E-state index contributed by atoms with van der Waals surface area (Å²) < 4.78 is 10.7. The molecule has 1 aromatic carbocycles. The van der Waals surface area contributed by atoms with Crippen molar-refractivity contribution < 1.29 is 9.47 Å². The number of ether oxygens (including phenoxy) is 2. The van der Waals surface area contributed by atoms with E-state index in [0.717, 1.165) is 22.0 Å². The van der Waals surface area contributed by atoms with Crippen LogP contribution in [0.15, 0.2) is 17.0 Å². The Morgan fingerprint density at radius 2 is 1.81 bits per heavy atom. The number of nitrogens with two attached hydrogens (primary N) is 1. The molecule has 0 spiro atoms. The Hall–Kier alpha value is -0.870. The molecule has 1 atom stereocenters. The van der Waals surface area contributed by atoms with Gasteiger partial charge in [0.1, 0.15) is 11.5 Å². The minimum Gasteiger partial charge on any atom is -0.496 e. The van der Waals surface area contributed by atoms with Gasteiger partial charge in [-0.3, -0.25) is 0 Å². The van der Waals surface area contributed by atoms with Gasteiger partial charge in [-0.2, -0.15) is 0 Å². The lowest BCUT2D eigenvalue weighted by Gasteiger charge is -2.19. The first-order valence-electron chi connectivity index (χ1n) is 5.18. The average molecular weight is 241 g/mol. The predicted octanol–water partition coefficient (Wildman–Crippen LogP) is 2.49. The summed E-state index contributed by atoms with van der Waals surface area (Å²) in [6.45, 7) is 2.69.